The maximum absolute atomic E-state index is 5.61. The third kappa shape index (κ3) is 0.914. The van der Waals surface area contributed by atoms with E-state index in [-0.39, 0.29) is 0 Å². The van der Waals surface area contributed by atoms with Crippen molar-refractivity contribution in [2.75, 3.05) is 5.73 Å². The van der Waals surface area contributed by atoms with Crippen LogP contribution in [0.5, 0.6) is 0 Å². The highest BCUT2D eigenvalue weighted by Crippen LogP contribution is 2.37. The van der Waals surface area contributed by atoms with Crippen molar-refractivity contribution in [2.45, 2.75) is 32.1 Å². The Morgan fingerprint density at radius 1 is 1.55 bits per heavy atom. The maximum atomic E-state index is 5.61. The number of nitrogens with two attached hydrogens (primary N) is 1. The van der Waals surface area contributed by atoms with Gasteiger partial charge in [-0.25, -0.2) is 0 Å². The van der Waals surface area contributed by atoms with Crippen molar-refractivity contribution in [1.82, 2.24) is 10.2 Å². The number of hydrogen-bond donors (Lipinski definition) is 2. The number of anilines is 1. The molecule has 3 heteroatoms. The first-order valence-electron chi connectivity index (χ1n) is 4.09. The predicted octanol–water partition coefficient (Wildman–Crippen LogP) is 1.57. The van der Waals surface area contributed by atoms with Crippen molar-refractivity contribution in [3.63, 3.8) is 0 Å². The van der Waals surface area contributed by atoms with E-state index in [0.29, 0.717) is 11.7 Å². The molecule has 0 aliphatic heterocycles. The van der Waals surface area contributed by atoms with Crippen molar-refractivity contribution in [2.24, 2.45) is 0 Å². The Morgan fingerprint density at radius 3 is 2.64 bits per heavy atom. The van der Waals surface area contributed by atoms with E-state index in [0.717, 1.165) is 5.56 Å². The van der Waals surface area contributed by atoms with Crippen LogP contribution < -0.4 is 5.73 Å². The molecule has 0 aromatic carbocycles. The van der Waals surface area contributed by atoms with E-state index >= 15 is 0 Å². The fourth-order valence-corrected chi connectivity index (χ4v) is 1.52. The van der Waals surface area contributed by atoms with Crippen LogP contribution in [0, 0.1) is 6.92 Å². The molecular formula is C8H13N3. The summed E-state index contributed by atoms with van der Waals surface area (Å²) >= 11 is 0. The molecule has 0 saturated heterocycles. The van der Waals surface area contributed by atoms with E-state index in [9.17, 15) is 0 Å². The second kappa shape index (κ2) is 2.26. The molecule has 3 nitrogen and oxygen atoms in total. The van der Waals surface area contributed by atoms with Crippen LogP contribution in [-0.2, 0) is 0 Å². The molecule has 11 heavy (non-hydrogen) atoms. The normalized spacial score (nSPS) is 18.3. The lowest BCUT2D eigenvalue weighted by Gasteiger charge is -2.24. The summed E-state index contributed by atoms with van der Waals surface area (Å²) in [6, 6.07) is 0. The molecule has 2 rings (SSSR count). The zero-order valence-electron chi connectivity index (χ0n) is 6.72. The Labute approximate surface area is 66.0 Å². The second-order valence-corrected chi connectivity index (χ2v) is 3.28. The van der Waals surface area contributed by atoms with E-state index in [2.05, 4.69) is 10.2 Å². The molecule has 0 radical (unpaired) electrons. The molecule has 1 fully saturated rings. The average Bonchev–Trinajstić information content (AvgIpc) is 2.15. The molecule has 0 atom stereocenters. The number of nitrogen functional groups attached to an aromatic ring is 1. The van der Waals surface area contributed by atoms with Gasteiger partial charge in [-0.3, -0.25) is 5.10 Å². The van der Waals surface area contributed by atoms with Gasteiger partial charge in [0.15, 0.2) is 0 Å². The minimum Gasteiger partial charge on any atom is -0.382 e. The highest BCUT2D eigenvalue weighted by atomic mass is 15.2. The fourth-order valence-electron chi connectivity index (χ4n) is 1.52. The Balaban J connectivity index is 2.29. The summed E-state index contributed by atoms with van der Waals surface area (Å²) < 4.78 is 0. The second-order valence-electron chi connectivity index (χ2n) is 3.28. The number of rotatable bonds is 1. The van der Waals surface area contributed by atoms with Crippen LogP contribution in [0.3, 0.4) is 0 Å². The topological polar surface area (TPSA) is 54.7 Å². The first kappa shape index (κ1) is 6.70. The predicted molar refractivity (Wildman–Crippen MR) is 44.3 cm³/mol. The summed E-state index contributed by atoms with van der Waals surface area (Å²) in [7, 11) is 0. The zero-order chi connectivity index (χ0) is 7.84. The van der Waals surface area contributed by atoms with E-state index in [1.54, 1.807) is 0 Å². The highest BCUT2D eigenvalue weighted by molar-refractivity contribution is 5.42. The third-order valence-corrected chi connectivity index (χ3v) is 2.60. The Morgan fingerprint density at radius 2 is 2.27 bits per heavy atom. The average molecular weight is 151 g/mol. The fraction of sp³-hybridized carbons (Fsp3) is 0.625. The minimum atomic E-state index is 0.659. The number of nitrogens with zero attached hydrogens (tertiary/aromatic N) is 1. The van der Waals surface area contributed by atoms with Crippen molar-refractivity contribution in [3.8, 4) is 0 Å². The van der Waals surface area contributed by atoms with Gasteiger partial charge in [-0.05, 0) is 19.8 Å². The molecule has 0 spiro atoms. The Kier molecular flexibility index (Phi) is 1.37. The molecule has 0 amide bonds. The van der Waals surface area contributed by atoms with E-state index in [1.165, 1.54) is 25.0 Å². The molecular weight excluding hydrogens is 138 g/mol. The molecule has 0 bridgehead atoms. The van der Waals surface area contributed by atoms with Crippen LogP contribution in [0.1, 0.15) is 36.4 Å². The minimum absolute atomic E-state index is 0.659. The largest absolute Gasteiger partial charge is 0.382 e. The van der Waals surface area contributed by atoms with Gasteiger partial charge in [-0.1, -0.05) is 6.42 Å². The van der Waals surface area contributed by atoms with Crippen LogP contribution in [0.4, 0.5) is 5.82 Å². The number of aromatic nitrogens is 2. The molecule has 0 unspecified atom stereocenters. The van der Waals surface area contributed by atoms with Gasteiger partial charge in [0.2, 0.25) is 0 Å². The summed E-state index contributed by atoms with van der Waals surface area (Å²) in [5.41, 5.74) is 8.02. The molecule has 1 heterocycles. The van der Waals surface area contributed by atoms with Crippen LogP contribution in [-0.4, -0.2) is 10.2 Å². The number of aromatic amines is 1. The van der Waals surface area contributed by atoms with Gasteiger partial charge < -0.3 is 5.73 Å². The van der Waals surface area contributed by atoms with Crippen molar-refractivity contribution >= 4 is 5.82 Å². The number of H-pyrrole nitrogens is 1. The summed E-state index contributed by atoms with van der Waals surface area (Å²) in [5, 5.41) is 6.97. The lowest BCUT2D eigenvalue weighted by Crippen LogP contribution is -2.10. The van der Waals surface area contributed by atoms with Gasteiger partial charge in [0, 0.05) is 17.2 Å². The molecule has 1 saturated carbocycles. The Hall–Kier alpha value is -0.990. The molecule has 1 aromatic heterocycles. The van der Waals surface area contributed by atoms with Crippen LogP contribution in [0.2, 0.25) is 0 Å². The van der Waals surface area contributed by atoms with Gasteiger partial charge in [-0.2, -0.15) is 5.10 Å². The van der Waals surface area contributed by atoms with E-state index < -0.39 is 0 Å². The first-order chi connectivity index (χ1) is 5.29. The SMILES string of the molecule is Cc1c(N)n[nH]c1C1CCC1. The number of nitrogens with one attached hydrogen (secondary N) is 1. The van der Waals surface area contributed by atoms with Crippen LogP contribution >= 0.6 is 0 Å². The molecule has 60 valence electrons. The van der Waals surface area contributed by atoms with Gasteiger partial charge >= 0.3 is 0 Å². The monoisotopic (exact) mass is 151 g/mol. The van der Waals surface area contributed by atoms with Gasteiger partial charge in [0.1, 0.15) is 5.82 Å². The summed E-state index contributed by atoms with van der Waals surface area (Å²) in [6.45, 7) is 2.03. The summed E-state index contributed by atoms with van der Waals surface area (Å²) in [5.74, 6) is 1.37. The van der Waals surface area contributed by atoms with Crippen molar-refractivity contribution in [1.29, 1.82) is 0 Å². The van der Waals surface area contributed by atoms with Crippen molar-refractivity contribution in [3.05, 3.63) is 11.3 Å². The summed E-state index contributed by atoms with van der Waals surface area (Å²) in [6.07, 6.45) is 3.94. The Bertz CT molecular complexity index is 260. The standard InChI is InChI=1S/C8H13N3/c1-5-7(6-3-2-4-6)10-11-8(5)9/h6H,2-4H2,1H3,(H3,9,10,11). The molecule has 1 aliphatic carbocycles. The third-order valence-electron chi connectivity index (χ3n) is 2.60. The lowest BCUT2D eigenvalue weighted by atomic mass is 9.82. The van der Waals surface area contributed by atoms with E-state index in [1.807, 2.05) is 6.92 Å². The molecule has 1 aliphatic rings. The lowest BCUT2D eigenvalue weighted by molar-refractivity contribution is 0.409. The van der Waals surface area contributed by atoms with Gasteiger partial charge in [0.05, 0.1) is 0 Å². The van der Waals surface area contributed by atoms with Crippen LogP contribution in [0.15, 0.2) is 0 Å². The molecule has 1 aromatic rings. The highest BCUT2D eigenvalue weighted by Gasteiger charge is 2.23. The first-order valence-corrected chi connectivity index (χ1v) is 4.09. The zero-order valence-corrected chi connectivity index (χ0v) is 6.72. The smallest absolute Gasteiger partial charge is 0.148 e. The van der Waals surface area contributed by atoms with Crippen LogP contribution in [0.25, 0.3) is 0 Å². The quantitative estimate of drug-likeness (QED) is 0.640. The van der Waals surface area contributed by atoms with Gasteiger partial charge in [0.25, 0.3) is 0 Å². The summed E-state index contributed by atoms with van der Waals surface area (Å²) in [4.78, 5) is 0. The van der Waals surface area contributed by atoms with Crippen molar-refractivity contribution < 1.29 is 0 Å². The van der Waals surface area contributed by atoms with E-state index in [4.69, 9.17) is 5.73 Å². The number of hydrogen-bond acceptors (Lipinski definition) is 2. The van der Waals surface area contributed by atoms with Gasteiger partial charge in [-0.15, -0.1) is 0 Å². The maximum Gasteiger partial charge on any atom is 0.148 e. The molecule has 3 N–H and O–H groups in total.